The highest BCUT2D eigenvalue weighted by molar-refractivity contribution is 5.85. The van der Waals surface area contributed by atoms with Crippen LogP contribution in [0.4, 0.5) is 0 Å². The summed E-state index contributed by atoms with van der Waals surface area (Å²) in [6, 6.07) is 0.492. The lowest BCUT2D eigenvalue weighted by molar-refractivity contribution is -0.127. The van der Waals surface area contributed by atoms with Crippen molar-refractivity contribution >= 4 is 11.9 Å². The van der Waals surface area contributed by atoms with Crippen LogP contribution in [0.25, 0.3) is 0 Å². The van der Waals surface area contributed by atoms with Crippen molar-refractivity contribution in [3.63, 3.8) is 0 Å². The van der Waals surface area contributed by atoms with Crippen molar-refractivity contribution in [3.05, 3.63) is 0 Å². The average molecular weight is 381 g/mol. The Labute approximate surface area is 163 Å². The molecular weight excluding hydrogens is 344 g/mol. The van der Waals surface area contributed by atoms with E-state index in [1.54, 1.807) is 19.0 Å². The molecule has 0 aromatic heterocycles. The lowest BCUT2D eigenvalue weighted by Gasteiger charge is -2.35. The summed E-state index contributed by atoms with van der Waals surface area (Å²) in [5.41, 5.74) is 0. The molecule has 0 aromatic rings. The standard InChI is InChI=1S/C20H36N4O3/c1-23(2)19(25)14-21-20(22-16-6-3-4-7-16)24-11-9-17(10-12-24)27-15-18-8-5-13-26-18/h16-18H,3-15H2,1-2H3,(H,21,22). The summed E-state index contributed by atoms with van der Waals surface area (Å²) in [5.74, 6) is 0.935. The minimum atomic E-state index is 0.0375. The Morgan fingerprint density at radius 1 is 1.15 bits per heavy atom. The smallest absolute Gasteiger partial charge is 0.243 e. The van der Waals surface area contributed by atoms with Crippen LogP contribution in [0.2, 0.25) is 0 Å². The summed E-state index contributed by atoms with van der Waals surface area (Å²) in [5, 5.41) is 3.62. The highest BCUT2D eigenvalue weighted by atomic mass is 16.5. The Kier molecular flexibility index (Phi) is 7.76. The summed E-state index contributed by atoms with van der Waals surface area (Å²) in [7, 11) is 3.55. The van der Waals surface area contributed by atoms with Crippen molar-refractivity contribution in [2.45, 2.75) is 69.6 Å². The van der Waals surface area contributed by atoms with Gasteiger partial charge in [-0.15, -0.1) is 0 Å². The molecule has 1 atom stereocenters. The molecule has 154 valence electrons. The molecule has 2 heterocycles. The molecule has 3 rings (SSSR count). The van der Waals surface area contributed by atoms with Crippen LogP contribution in [0.3, 0.4) is 0 Å². The molecule has 0 spiro atoms. The summed E-state index contributed by atoms with van der Waals surface area (Å²) in [6.45, 7) is 3.65. The third kappa shape index (κ3) is 6.35. The number of aliphatic imine (C=N–C) groups is 1. The van der Waals surface area contributed by atoms with E-state index in [4.69, 9.17) is 9.47 Å². The molecule has 1 saturated carbocycles. The average Bonchev–Trinajstić information content (AvgIpc) is 3.37. The first kappa shape index (κ1) is 20.4. The monoisotopic (exact) mass is 380 g/mol. The lowest BCUT2D eigenvalue weighted by Crippen LogP contribution is -2.50. The number of likely N-dealkylation sites (tertiary alicyclic amines) is 1. The van der Waals surface area contributed by atoms with Gasteiger partial charge in [0, 0.05) is 39.8 Å². The third-order valence-electron chi connectivity index (χ3n) is 5.83. The van der Waals surface area contributed by atoms with Gasteiger partial charge >= 0.3 is 0 Å². The largest absolute Gasteiger partial charge is 0.376 e. The number of piperidine rings is 1. The van der Waals surface area contributed by atoms with E-state index in [0.29, 0.717) is 18.2 Å². The van der Waals surface area contributed by atoms with Gasteiger partial charge in [0.25, 0.3) is 0 Å². The maximum Gasteiger partial charge on any atom is 0.243 e. The van der Waals surface area contributed by atoms with Crippen LogP contribution in [-0.2, 0) is 14.3 Å². The number of rotatable bonds is 6. The Morgan fingerprint density at radius 3 is 2.52 bits per heavy atom. The first-order valence-electron chi connectivity index (χ1n) is 10.6. The molecule has 1 N–H and O–H groups in total. The van der Waals surface area contributed by atoms with Gasteiger partial charge in [-0.2, -0.15) is 0 Å². The van der Waals surface area contributed by atoms with Crippen LogP contribution >= 0.6 is 0 Å². The van der Waals surface area contributed by atoms with Crippen molar-refractivity contribution < 1.29 is 14.3 Å². The number of guanidine groups is 1. The van der Waals surface area contributed by atoms with Crippen LogP contribution in [0.15, 0.2) is 4.99 Å². The van der Waals surface area contributed by atoms with Gasteiger partial charge in [0.15, 0.2) is 5.96 Å². The van der Waals surface area contributed by atoms with Gasteiger partial charge < -0.3 is 24.6 Å². The van der Waals surface area contributed by atoms with Crippen molar-refractivity contribution in [1.82, 2.24) is 15.1 Å². The van der Waals surface area contributed by atoms with E-state index in [-0.39, 0.29) is 12.5 Å². The van der Waals surface area contributed by atoms with E-state index in [1.165, 1.54) is 25.7 Å². The second-order valence-corrected chi connectivity index (χ2v) is 8.21. The number of carbonyl (C=O) groups is 1. The Morgan fingerprint density at radius 2 is 1.89 bits per heavy atom. The zero-order chi connectivity index (χ0) is 19.1. The zero-order valence-corrected chi connectivity index (χ0v) is 17.0. The number of nitrogens with zero attached hydrogens (tertiary/aromatic N) is 3. The molecule has 7 nitrogen and oxygen atoms in total. The number of likely N-dealkylation sites (N-methyl/N-ethyl adjacent to an activating group) is 1. The lowest BCUT2D eigenvalue weighted by atomic mass is 10.1. The van der Waals surface area contributed by atoms with Crippen LogP contribution in [0.1, 0.15) is 51.4 Å². The molecular formula is C20H36N4O3. The highest BCUT2D eigenvalue weighted by Crippen LogP contribution is 2.20. The molecule has 0 radical (unpaired) electrons. The SMILES string of the molecule is CN(C)C(=O)CN=C(NC1CCCC1)N1CCC(OCC2CCCO2)CC1. The highest BCUT2D eigenvalue weighted by Gasteiger charge is 2.26. The second kappa shape index (κ2) is 10.3. The Balaban J connectivity index is 1.49. The maximum atomic E-state index is 12.0. The first-order chi connectivity index (χ1) is 13.1. The van der Waals surface area contributed by atoms with Crippen LogP contribution in [-0.4, -0.2) is 86.9 Å². The summed E-state index contributed by atoms with van der Waals surface area (Å²) in [4.78, 5) is 20.5. The number of hydrogen-bond donors (Lipinski definition) is 1. The van der Waals surface area contributed by atoms with E-state index < -0.39 is 0 Å². The number of hydrogen-bond acceptors (Lipinski definition) is 4. The summed E-state index contributed by atoms with van der Waals surface area (Å²) in [6.07, 6.45) is 9.83. The molecule has 2 saturated heterocycles. The second-order valence-electron chi connectivity index (χ2n) is 8.21. The van der Waals surface area contributed by atoms with Crippen molar-refractivity contribution in [1.29, 1.82) is 0 Å². The van der Waals surface area contributed by atoms with Crippen molar-refractivity contribution in [2.24, 2.45) is 4.99 Å². The van der Waals surface area contributed by atoms with Gasteiger partial charge in [0.1, 0.15) is 6.54 Å². The molecule has 1 amide bonds. The van der Waals surface area contributed by atoms with Gasteiger partial charge in [-0.1, -0.05) is 12.8 Å². The number of nitrogens with one attached hydrogen (secondary N) is 1. The fraction of sp³-hybridized carbons (Fsp3) is 0.900. The minimum Gasteiger partial charge on any atom is -0.376 e. The molecule has 3 fully saturated rings. The Hall–Kier alpha value is -1.34. The van der Waals surface area contributed by atoms with Crippen LogP contribution < -0.4 is 5.32 Å². The van der Waals surface area contributed by atoms with E-state index in [2.05, 4.69) is 15.2 Å². The quantitative estimate of drug-likeness (QED) is 0.560. The molecule has 1 unspecified atom stereocenters. The van der Waals surface area contributed by atoms with Crippen LogP contribution in [0.5, 0.6) is 0 Å². The number of ether oxygens (including phenoxy) is 2. The first-order valence-corrected chi connectivity index (χ1v) is 10.6. The fourth-order valence-electron chi connectivity index (χ4n) is 4.03. The van der Waals surface area contributed by atoms with Gasteiger partial charge in [-0.3, -0.25) is 4.79 Å². The molecule has 0 aromatic carbocycles. The molecule has 2 aliphatic heterocycles. The number of amides is 1. The van der Waals surface area contributed by atoms with Gasteiger partial charge in [-0.05, 0) is 38.5 Å². The fourth-order valence-corrected chi connectivity index (χ4v) is 4.03. The summed E-state index contributed by atoms with van der Waals surface area (Å²) >= 11 is 0. The van der Waals surface area contributed by atoms with Crippen molar-refractivity contribution in [2.75, 3.05) is 46.9 Å². The van der Waals surface area contributed by atoms with E-state index in [9.17, 15) is 4.79 Å². The van der Waals surface area contributed by atoms with E-state index >= 15 is 0 Å². The third-order valence-corrected chi connectivity index (χ3v) is 5.83. The van der Waals surface area contributed by atoms with Gasteiger partial charge in [0.2, 0.25) is 5.91 Å². The molecule has 3 aliphatic rings. The topological polar surface area (TPSA) is 66.4 Å². The zero-order valence-electron chi connectivity index (χ0n) is 17.0. The van der Waals surface area contributed by atoms with E-state index in [0.717, 1.165) is 57.9 Å². The molecule has 27 heavy (non-hydrogen) atoms. The minimum absolute atomic E-state index is 0.0375. The predicted octanol–water partition coefficient (Wildman–Crippen LogP) is 1.62. The molecule has 1 aliphatic carbocycles. The Bertz CT molecular complexity index is 491. The normalized spacial score (nSPS) is 25.2. The molecule has 7 heteroatoms. The maximum absolute atomic E-state index is 12.0. The van der Waals surface area contributed by atoms with Gasteiger partial charge in [-0.25, -0.2) is 4.99 Å². The summed E-state index contributed by atoms with van der Waals surface area (Å²) < 4.78 is 11.7. The van der Waals surface area contributed by atoms with Crippen molar-refractivity contribution in [3.8, 4) is 0 Å². The van der Waals surface area contributed by atoms with Gasteiger partial charge in [0.05, 0.1) is 18.8 Å². The predicted molar refractivity (Wildman–Crippen MR) is 106 cm³/mol. The van der Waals surface area contributed by atoms with Crippen LogP contribution in [0, 0.1) is 0 Å². The molecule has 0 bridgehead atoms. The number of carbonyl (C=O) groups excluding carboxylic acids is 1. The van der Waals surface area contributed by atoms with E-state index in [1.807, 2.05) is 0 Å².